The van der Waals surface area contributed by atoms with Gasteiger partial charge in [-0.3, -0.25) is 0 Å². The summed E-state index contributed by atoms with van der Waals surface area (Å²) in [5, 5.41) is 1.72. The van der Waals surface area contributed by atoms with E-state index in [1.54, 1.807) is 12.1 Å². The molecule has 0 aliphatic carbocycles. The maximum Gasteiger partial charge on any atom is 0.119 e. The second kappa shape index (κ2) is 6.06. The third-order valence-electron chi connectivity index (χ3n) is 2.67. The van der Waals surface area contributed by atoms with Crippen LogP contribution in [0.25, 0.3) is 0 Å². The quantitative estimate of drug-likeness (QED) is 0.521. The van der Waals surface area contributed by atoms with Gasteiger partial charge >= 0.3 is 0 Å². The Balaban J connectivity index is 2.06. The normalized spacial score (nSPS) is 10.2. The number of halogens is 1. The van der Waals surface area contributed by atoms with Crippen molar-refractivity contribution in [2.24, 2.45) is 5.84 Å². The molecule has 4 heteroatoms. The molecule has 0 saturated carbocycles. The van der Waals surface area contributed by atoms with Crippen LogP contribution in [0.2, 0.25) is 0 Å². The van der Waals surface area contributed by atoms with E-state index in [4.69, 9.17) is 10.6 Å². The first-order valence-corrected chi connectivity index (χ1v) is 6.67. The van der Waals surface area contributed by atoms with Crippen molar-refractivity contribution in [3.8, 4) is 5.75 Å². The number of methoxy groups -OCH3 is 1. The number of hydrazine groups is 1. The molecule has 0 spiro atoms. The van der Waals surface area contributed by atoms with E-state index >= 15 is 0 Å². The minimum Gasteiger partial charge on any atom is -0.497 e. The molecule has 0 aromatic heterocycles. The van der Waals surface area contributed by atoms with Gasteiger partial charge in [-0.25, -0.2) is 5.84 Å². The first kappa shape index (κ1) is 13.2. The molecule has 94 valence electrons. The van der Waals surface area contributed by atoms with Crippen molar-refractivity contribution < 1.29 is 4.74 Å². The largest absolute Gasteiger partial charge is 0.497 e. The number of ether oxygens (including phenoxy) is 1. The van der Waals surface area contributed by atoms with Crippen LogP contribution in [0.1, 0.15) is 5.56 Å². The van der Waals surface area contributed by atoms with E-state index in [-0.39, 0.29) is 0 Å². The van der Waals surface area contributed by atoms with E-state index < -0.39 is 0 Å². The Morgan fingerprint density at radius 2 is 1.67 bits per heavy atom. The summed E-state index contributed by atoms with van der Waals surface area (Å²) in [4.78, 5) is 0. The van der Waals surface area contributed by atoms with Crippen molar-refractivity contribution in [2.45, 2.75) is 6.54 Å². The fourth-order valence-electron chi connectivity index (χ4n) is 1.65. The summed E-state index contributed by atoms with van der Waals surface area (Å²) in [7, 11) is 1.65. The number of rotatable bonds is 4. The fraction of sp³-hybridized carbons (Fsp3) is 0.143. The van der Waals surface area contributed by atoms with Gasteiger partial charge in [-0.15, -0.1) is 0 Å². The van der Waals surface area contributed by atoms with E-state index in [1.807, 2.05) is 24.3 Å². The van der Waals surface area contributed by atoms with Crippen molar-refractivity contribution in [3.05, 3.63) is 57.7 Å². The van der Waals surface area contributed by atoms with Gasteiger partial charge in [0.15, 0.2) is 0 Å². The Kier molecular flexibility index (Phi) is 4.43. The van der Waals surface area contributed by atoms with Crippen LogP contribution < -0.4 is 15.6 Å². The number of hydrogen-bond donors (Lipinski definition) is 1. The lowest BCUT2D eigenvalue weighted by atomic mass is 10.2. The van der Waals surface area contributed by atoms with Gasteiger partial charge in [0, 0.05) is 3.57 Å². The molecule has 2 N–H and O–H groups in total. The van der Waals surface area contributed by atoms with E-state index in [1.165, 1.54) is 9.13 Å². The molecule has 0 fully saturated rings. The van der Waals surface area contributed by atoms with Gasteiger partial charge < -0.3 is 9.75 Å². The van der Waals surface area contributed by atoms with Gasteiger partial charge in [-0.2, -0.15) is 0 Å². The van der Waals surface area contributed by atoms with Crippen LogP contribution in [-0.2, 0) is 6.54 Å². The molecular formula is C14H15IN2O. The van der Waals surface area contributed by atoms with Crippen LogP contribution in [0.15, 0.2) is 48.5 Å². The molecular weight excluding hydrogens is 339 g/mol. The topological polar surface area (TPSA) is 38.5 Å². The number of benzene rings is 2. The lowest BCUT2D eigenvalue weighted by Crippen LogP contribution is -2.29. The standard InChI is InChI=1S/C14H15IN2O/c1-18-14-8-6-13(7-9-14)17(16)10-11-2-4-12(15)5-3-11/h2-9H,10,16H2,1H3. The summed E-state index contributed by atoms with van der Waals surface area (Å²) in [5.41, 5.74) is 2.16. The lowest BCUT2D eigenvalue weighted by molar-refractivity contribution is 0.415. The zero-order chi connectivity index (χ0) is 13.0. The third kappa shape index (κ3) is 3.36. The minimum atomic E-state index is 0.684. The van der Waals surface area contributed by atoms with Crippen molar-refractivity contribution in [1.29, 1.82) is 0 Å². The molecule has 0 aliphatic heterocycles. The Morgan fingerprint density at radius 1 is 1.06 bits per heavy atom. The molecule has 0 atom stereocenters. The Hall–Kier alpha value is -1.27. The highest BCUT2D eigenvalue weighted by atomic mass is 127. The molecule has 0 amide bonds. The smallest absolute Gasteiger partial charge is 0.119 e. The number of anilines is 1. The predicted molar refractivity (Wildman–Crippen MR) is 82.5 cm³/mol. The predicted octanol–water partition coefficient (Wildman–Crippen LogP) is 3.18. The molecule has 0 bridgehead atoms. The van der Waals surface area contributed by atoms with Gasteiger partial charge in [0.25, 0.3) is 0 Å². The SMILES string of the molecule is COc1ccc(N(N)Cc2ccc(I)cc2)cc1. The molecule has 0 radical (unpaired) electrons. The first-order valence-electron chi connectivity index (χ1n) is 5.60. The maximum atomic E-state index is 6.05. The number of nitrogens with two attached hydrogens (primary N) is 1. The second-order valence-corrected chi connectivity index (χ2v) is 5.20. The highest BCUT2D eigenvalue weighted by Crippen LogP contribution is 2.19. The highest BCUT2D eigenvalue weighted by Gasteiger charge is 2.03. The highest BCUT2D eigenvalue weighted by molar-refractivity contribution is 14.1. The monoisotopic (exact) mass is 354 g/mol. The molecule has 18 heavy (non-hydrogen) atoms. The summed E-state index contributed by atoms with van der Waals surface area (Å²) in [6.45, 7) is 0.684. The molecule has 0 heterocycles. The summed E-state index contributed by atoms with van der Waals surface area (Å²) in [6.07, 6.45) is 0. The Bertz CT molecular complexity index is 496. The average molecular weight is 354 g/mol. The second-order valence-electron chi connectivity index (χ2n) is 3.95. The summed E-state index contributed by atoms with van der Waals surface area (Å²) in [6, 6.07) is 16.1. The zero-order valence-corrected chi connectivity index (χ0v) is 12.3. The van der Waals surface area contributed by atoms with Crippen LogP contribution in [0, 0.1) is 3.57 Å². The van der Waals surface area contributed by atoms with E-state index in [0.717, 1.165) is 11.4 Å². The van der Waals surface area contributed by atoms with Crippen LogP contribution in [0.3, 0.4) is 0 Å². The van der Waals surface area contributed by atoms with Crippen LogP contribution in [0.5, 0.6) is 5.75 Å². The molecule has 0 unspecified atom stereocenters. The van der Waals surface area contributed by atoms with Crippen molar-refractivity contribution in [1.82, 2.24) is 0 Å². The molecule has 2 rings (SSSR count). The van der Waals surface area contributed by atoms with E-state index in [9.17, 15) is 0 Å². The summed E-state index contributed by atoms with van der Waals surface area (Å²) >= 11 is 2.29. The summed E-state index contributed by atoms with van der Waals surface area (Å²) < 4.78 is 6.35. The molecule has 0 aliphatic rings. The van der Waals surface area contributed by atoms with Gasteiger partial charge in [0.2, 0.25) is 0 Å². The van der Waals surface area contributed by atoms with Crippen LogP contribution in [0.4, 0.5) is 5.69 Å². The molecule has 3 nitrogen and oxygen atoms in total. The molecule has 2 aromatic carbocycles. The van der Waals surface area contributed by atoms with Gasteiger partial charge in [-0.05, 0) is 64.6 Å². The Labute approximate surface area is 121 Å². The van der Waals surface area contributed by atoms with Crippen molar-refractivity contribution in [3.63, 3.8) is 0 Å². The number of hydrogen-bond acceptors (Lipinski definition) is 3. The van der Waals surface area contributed by atoms with E-state index in [0.29, 0.717) is 6.54 Å². The maximum absolute atomic E-state index is 6.05. The third-order valence-corrected chi connectivity index (χ3v) is 3.39. The van der Waals surface area contributed by atoms with Crippen LogP contribution >= 0.6 is 22.6 Å². The average Bonchev–Trinajstić information content (AvgIpc) is 2.41. The van der Waals surface area contributed by atoms with Crippen LogP contribution in [-0.4, -0.2) is 7.11 Å². The fourth-order valence-corrected chi connectivity index (χ4v) is 2.01. The van der Waals surface area contributed by atoms with Gasteiger partial charge in [0.05, 0.1) is 19.3 Å². The van der Waals surface area contributed by atoms with E-state index in [2.05, 4.69) is 46.9 Å². The van der Waals surface area contributed by atoms with Gasteiger partial charge in [-0.1, -0.05) is 12.1 Å². The first-order chi connectivity index (χ1) is 8.69. The minimum absolute atomic E-state index is 0.684. The molecule has 0 saturated heterocycles. The van der Waals surface area contributed by atoms with Gasteiger partial charge in [0.1, 0.15) is 5.75 Å². The zero-order valence-electron chi connectivity index (χ0n) is 10.1. The Morgan fingerprint density at radius 3 is 2.22 bits per heavy atom. The molecule has 2 aromatic rings. The number of nitrogens with zero attached hydrogens (tertiary/aromatic N) is 1. The van der Waals surface area contributed by atoms with Crippen molar-refractivity contribution >= 4 is 28.3 Å². The van der Waals surface area contributed by atoms with Crippen molar-refractivity contribution in [2.75, 3.05) is 12.1 Å². The summed E-state index contributed by atoms with van der Waals surface area (Å²) in [5.74, 6) is 6.88. The lowest BCUT2D eigenvalue weighted by Gasteiger charge is -2.19.